The molecule has 4 aliphatic rings. The summed E-state index contributed by atoms with van der Waals surface area (Å²) in [5, 5.41) is 30.2. The molecule has 0 saturated heterocycles. The Morgan fingerprint density at radius 2 is 1.83 bits per heavy atom. The maximum atomic E-state index is 10.5. The fraction of sp³-hybridized carbons (Fsp3) is 0.645. The number of aromatic amines is 1. The van der Waals surface area contributed by atoms with E-state index in [0.717, 1.165) is 49.0 Å². The molecule has 3 fully saturated rings. The number of H-pyrrole nitrogens is 1. The molecular weight excluding hydrogens is 450 g/mol. The molecule has 5 heteroatoms. The van der Waals surface area contributed by atoms with Crippen molar-refractivity contribution in [3.05, 3.63) is 47.7 Å². The first-order valence-electron chi connectivity index (χ1n) is 14.1. The lowest BCUT2D eigenvalue weighted by Crippen LogP contribution is -2.51. The lowest BCUT2D eigenvalue weighted by molar-refractivity contribution is -0.137. The summed E-state index contributed by atoms with van der Waals surface area (Å²) in [7, 11) is 0. The van der Waals surface area contributed by atoms with Crippen LogP contribution < -0.4 is 0 Å². The Balaban J connectivity index is 0.000000157. The minimum Gasteiger partial charge on any atom is -0.481 e. The standard InChI is InChI=1S/C19H30O2.C12H13NO2/c1-18-9-7-13(20)11-12(18)3-4-14-15-5-6-17(21)19(15,2)10-8-16(14)18;14-12(15)7-3-4-9-8-13-11-6-2-1-5-10(9)11/h11,13-17,20-21H,3-10H2,1-2H3;1-2,5-6,8,13H,3-4,7H2,(H,14,15)/t13-,14-,15-,16-,17-,18-,19-;/m0./s1. The predicted molar refractivity (Wildman–Crippen MR) is 143 cm³/mol. The molecule has 3 saturated carbocycles. The lowest BCUT2D eigenvalue weighted by atomic mass is 9.47. The molecule has 0 unspecified atom stereocenters. The van der Waals surface area contributed by atoms with Crippen LogP contribution in [0.3, 0.4) is 0 Å². The maximum absolute atomic E-state index is 10.5. The number of carboxylic acid groups (broad SMARTS) is 1. The van der Waals surface area contributed by atoms with E-state index in [1.807, 2.05) is 24.4 Å². The zero-order valence-corrected chi connectivity index (χ0v) is 21.9. The van der Waals surface area contributed by atoms with E-state index in [4.69, 9.17) is 5.11 Å². The second-order valence-electron chi connectivity index (χ2n) is 12.4. The number of aliphatic hydroxyl groups is 2. The van der Waals surface area contributed by atoms with E-state index in [1.165, 1.54) is 43.1 Å². The van der Waals surface area contributed by atoms with E-state index in [-0.39, 0.29) is 24.0 Å². The monoisotopic (exact) mass is 493 g/mol. The second-order valence-corrected chi connectivity index (χ2v) is 12.4. The minimum absolute atomic E-state index is 0.0682. The number of benzene rings is 1. The molecule has 1 aromatic carbocycles. The largest absolute Gasteiger partial charge is 0.481 e. The van der Waals surface area contributed by atoms with Gasteiger partial charge in [-0.3, -0.25) is 4.79 Å². The van der Waals surface area contributed by atoms with Gasteiger partial charge < -0.3 is 20.3 Å². The molecule has 6 rings (SSSR count). The van der Waals surface area contributed by atoms with Crippen molar-refractivity contribution in [2.45, 2.75) is 96.7 Å². The molecule has 0 amide bonds. The summed E-state index contributed by atoms with van der Waals surface area (Å²) in [5.74, 6) is 1.60. The number of carbonyl (C=O) groups is 1. The van der Waals surface area contributed by atoms with Crippen molar-refractivity contribution in [1.29, 1.82) is 0 Å². The van der Waals surface area contributed by atoms with E-state index >= 15 is 0 Å². The fourth-order valence-electron chi connectivity index (χ4n) is 8.45. The van der Waals surface area contributed by atoms with Crippen molar-refractivity contribution in [3.8, 4) is 0 Å². The van der Waals surface area contributed by atoms with Gasteiger partial charge in [-0.25, -0.2) is 0 Å². The molecule has 2 aromatic rings. The zero-order valence-electron chi connectivity index (χ0n) is 21.9. The number of carboxylic acids is 1. The van der Waals surface area contributed by atoms with Crippen molar-refractivity contribution >= 4 is 16.9 Å². The molecule has 4 aliphatic carbocycles. The lowest BCUT2D eigenvalue weighted by Gasteiger charge is -2.58. The number of nitrogens with one attached hydrogen (secondary N) is 1. The summed E-state index contributed by atoms with van der Waals surface area (Å²) < 4.78 is 0. The van der Waals surface area contributed by atoms with E-state index < -0.39 is 5.97 Å². The molecule has 36 heavy (non-hydrogen) atoms. The molecule has 0 aliphatic heterocycles. The fourth-order valence-corrected chi connectivity index (χ4v) is 8.45. The normalized spacial score (nSPS) is 37.2. The molecule has 1 aromatic heterocycles. The van der Waals surface area contributed by atoms with Crippen molar-refractivity contribution in [2.75, 3.05) is 0 Å². The van der Waals surface area contributed by atoms with Gasteiger partial charge in [0, 0.05) is 23.5 Å². The number of rotatable bonds is 4. The van der Waals surface area contributed by atoms with Gasteiger partial charge in [0.1, 0.15) is 0 Å². The summed E-state index contributed by atoms with van der Waals surface area (Å²) in [6.07, 6.45) is 14.9. The highest BCUT2D eigenvalue weighted by Crippen LogP contribution is 2.65. The summed E-state index contributed by atoms with van der Waals surface area (Å²) in [4.78, 5) is 13.6. The van der Waals surface area contributed by atoms with Crippen LogP contribution in [-0.2, 0) is 11.2 Å². The average molecular weight is 494 g/mol. The van der Waals surface area contributed by atoms with Crippen LogP contribution in [0.5, 0.6) is 0 Å². The maximum Gasteiger partial charge on any atom is 0.303 e. The first-order valence-corrected chi connectivity index (χ1v) is 14.1. The zero-order chi connectivity index (χ0) is 25.5. The van der Waals surface area contributed by atoms with Gasteiger partial charge in [-0.15, -0.1) is 0 Å². The summed E-state index contributed by atoms with van der Waals surface area (Å²) in [6, 6.07) is 8.06. The van der Waals surface area contributed by atoms with Gasteiger partial charge in [0.2, 0.25) is 0 Å². The Bertz CT molecular complexity index is 1120. The van der Waals surface area contributed by atoms with Crippen LogP contribution in [-0.4, -0.2) is 38.5 Å². The van der Waals surface area contributed by atoms with Crippen LogP contribution in [0.15, 0.2) is 42.1 Å². The molecule has 0 bridgehead atoms. The highest BCUT2D eigenvalue weighted by molar-refractivity contribution is 5.83. The van der Waals surface area contributed by atoms with Crippen LogP contribution in [0.25, 0.3) is 10.9 Å². The van der Waals surface area contributed by atoms with Gasteiger partial charge in [-0.05, 0) is 104 Å². The Hall–Kier alpha value is -2.11. The summed E-state index contributed by atoms with van der Waals surface area (Å²) >= 11 is 0. The molecule has 196 valence electrons. The van der Waals surface area contributed by atoms with Gasteiger partial charge >= 0.3 is 5.97 Å². The van der Waals surface area contributed by atoms with Crippen molar-refractivity contribution < 1.29 is 20.1 Å². The smallest absolute Gasteiger partial charge is 0.303 e. The van der Waals surface area contributed by atoms with Crippen LogP contribution in [0.2, 0.25) is 0 Å². The van der Waals surface area contributed by atoms with Crippen LogP contribution in [0.1, 0.15) is 83.6 Å². The second kappa shape index (κ2) is 9.98. The summed E-state index contributed by atoms with van der Waals surface area (Å²) in [5.41, 5.74) is 4.38. The molecule has 0 radical (unpaired) electrons. The number of allylic oxidation sites excluding steroid dienone is 1. The average Bonchev–Trinajstić information content (AvgIpc) is 3.40. The van der Waals surface area contributed by atoms with Crippen molar-refractivity contribution in [1.82, 2.24) is 4.98 Å². The first kappa shape index (κ1) is 25.5. The van der Waals surface area contributed by atoms with Gasteiger partial charge in [0.15, 0.2) is 0 Å². The van der Waals surface area contributed by atoms with E-state index in [0.29, 0.717) is 11.8 Å². The number of aliphatic carboxylic acids is 1. The number of aromatic nitrogens is 1. The Kier molecular flexibility index (Phi) is 7.08. The molecular formula is C31H43NO4. The number of hydrogen-bond donors (Lipinski definition) is 4. The van der Waals surface area contributed by atoms with E-state index in [1.54, 1.807) is 5.57 Å². The SMILES string of the molecule is C[C@]12CC[C@H]3[C@@H](CCC4=C[C@@H](O)CC[C@@]43C)[C@@H]1CC[C@@H]2O.O=C(O)CCCc1c[nH]c2ccccc12. The molecule has 4 N–H and O–H groups in total. The topological polar surface area (TPSA) is 93.6 Å². The predicted octanol–water partition coefficient (Wildman–Crippen LogP) is 6.25. The highest BCUT2D eigenvalue weighted by Gasteiger charge is 2.58. The van der Waals surface area contributed by atoms with E-state index in [2.05, 4.69) is 31.0 Å². The molecule has 0 spiro atoms. The quantitative estimate of drug-likeness (QED) is 0.379. The van der Waals surface area contributed by atoms with Gasteiger partial charge in [0.25, 0.3) is 0 Å². The minimum atomic E-state index is -0.727. The third kappa shape index (κ3) is 4.54. The van der Waals surface area contributed by atoms with Gasteiger partial charge in [0.05, 0.1) is 12.2 Å². The van der Waals surface area contributed by atoms with Gasteiger partial charge in [-0.1, -0.05) is 43.7 Å². The number of para-hydroxylation sites is 1. The third-order valence-electron chi connectivity index (χ3n) is 10.6. The van der Waals surface area contributed by atoms with Crippen LogP contribution in [0.4, 0.5) is 0 Å². The number of hydrogen-bond acceptors (Lipinski definition) is 3. The van der Waals surface area contributed by atoms with Crippen LogP contribution in [0, 0.1) is 28.6 Å². The van der Waals surface area contributed by atoms with Gasteiger partial charge in [-0.2, -0.15) is 0 Å². The highest BCUT2D eigenvalue weighted by atomic mass is 16.4. The molecule has 7 atom stereocenters. The van der Waals surface area contributed by atoms with Crippen LogP contribution >= 0.6 is 0 Å². The Morgan fingerprint density at radius 1 is 1.03 bits per heavy atom. The van der Waals surface area contributed by atoms with Crippen molar-refractivity contribution in [3.63, 3.8) is 0 Å². The third-order valence-corrected chi connectivity index (χ3v) is 10.6. The number of fused-ring (bicyclic) bond motifs is 6. The Labute approximate surface area is 215 Å². The molecule has 5 nitrogen and oxygen atoms in total. The number of aliphatic hydroxyl groups excluding tert-OH is 2. The molecule has 1 heterocycles. The first-order chi connectivity index (χ1) is 17.2. The van der Waals surface area contributed by atoms with E-state index in [9.17, 15) is 15.0 Å². The van der Waals surface area contributed by atoms with Crippen molar-refractivity contribution in [2.24, 2.45) is 28.6 Å². The summed E-state index contributed by atoms with van der Waals surface area (Å²) in [6.45, 7) is 4.82. The Morgan fingerprint density at radius 3 is 2.64 bits per heavy atom. The number of aryl methyl sites for hydroxylation is 1.